The van der Waals surface area contributed by atoms with E-state index in [-0.39, 0.29) is 48.2 Å². The van der Waals surface area contributed by atoms with Crippen LogP contribution in [0.4, 0.5) is 0 Å². The molecular formula is C25H47NaO3. The minimum atomic E-state index is -1.10. The second-order valence-corrected chi connectivity index (χ2v) is 8.37. The third-order valence-corrected chi connectivity index (χ3v) is 5.52. The summed E-state index contributed by atoms with van der Waals surface area (Å²) in [5, 5.41) is 19.8. The van der Waals surface area contributed by atoms with Gasteiger partial charge in [-0.2, -0.15) is 0 Å². The van der Waals surface area contributed by atoms with Crippen molar-refractivity contribution < 1.29 is 44.6 Å². The number of allylic oxidation sites excluding steroid dienone is 2. The molecule has 0 unspecified atom stereocenters. The minimum Gasteiger partial charge on any atom is -0.550 e. The van der Waals surface area contributed by atoms with Crippen LogP contribution < -0.4 is 34.7 Å². The number of carbonyl (C=O) groups is 1. The first kappa shape index (κ1) is 31.2. The number of unbranched alkanes of at least 4 members (excludes halogenated alkanes) is 18. The van der Waals surface area contributed by atoms with Crippen molar-refractivity contribution in [3.05, 3.63) is 11.8 Å². The Labute approximate surface area is 203 Å². The maximum absolute atomic E-state index is 10.3. The molecule has 0 bridgehead atoms. The molecule has 0 saturated heterocycles. The van der Waals surface area contributed by atoms with Gasteiger partial charge in [0.25, 0.3) is 0 Å². The Kier molecular flexibility index (Phi) is 28.0. The molecule has 0 aromatic carbocycles. The smallest absolute Gasteiger partial charge is 0.550 e. The van der Waals surface area contributed by atoms with Gasteiger partial charge in [-0.15, -0.1) is 0 Å². The fraction of sp³-hybridized carbons (Fsp3) is 0.880. The van der Waals surface area contributed by atoms with E-state index in [9.17, 15) is 15.0 Å². The number of aliphatic hydroxyl groups is 1. The molecule has 0 rings (SSSR count). The SMILES string of the molecule is CCCCCCCCCCCCCCCCCCCCC=C(O)CCC(=O)[O-].[Na+]. The van der Waals surface area contributed by atoms with Crippen molar-refractivity contribution in [2.45, 2.75) is 142 Å². The average molecular weight is 419 g/mol. The van der Waals surface area contributed by atoms with Crippen LogP contribution in [0.25, 0.3) is 0 Å². The van der Waals surface area contributed by atoms with Gasteiger partial charge in [0.05, 0.1) is 5.76 Å². The van der Waals surface area contributed by atoms with Crippen molar-refractivity contribution in [3.8, 4) is 0 Å². The van der Waals surface area contributed by atoms with Gasteiger partial charge in [0.2, 0.25) is 0 Å². The van der Waals surface area contributed by atoms with E-state index in [1.165, 1.54) is 109 Å². The molecule has 0 aliphatic carbocycles. The first-order valence-corrected chi connectivity index (χ1v) is 12.2. The maximum Gasteiger partial charge on any atom is 1.00 e. The Morgan fingerprint density at radius 2 is 1.00 bits per heavy atom. The number of carboxylic acid groups (broad SMARTS) is 1. The van der Waals surface area contributed by atoms with E-state index < -0.39 is 5.97 Å². The van der Waals surface area contributed by atoms with E-state index in [1.54, 1.807) is 6.08 Å². The zero-order chi connectivity index (χ0) is 20.7. The molecule has 1 N–H and O–H groups in total. The zero-order valence-corrected chi connectivity index (χ0v) is 21.7. The molecule has 0 aliphatic rings. The van der Waals surface area contributed by atoms with Gasteiger partial charge in [-0.25, -0.2) is 0 Å². The molecule has 29 heavy (non-hydrogen) atoms. The minimum absolute atomic E-state index is 0. The normalized spacial score (nSPS) is 11.4. The maximum atomic E-state index is 10.3. The van der Waals surface area contributed by atoms with Crippen molar-refractivity contribution >= 4 is 5.97 Å². The second-order valence-electron chi connectivity index (χ2n) is 8.37. The number of aliphatic hydroxyl groups excluding tert-OH is 1. The number of aliphatic carboxylic acids is 1. The largest absolute Gasteiger partial charge is 1.00 e. The topological polar surface area (TPSA) is 60.4 Å². The predicted molar refractivity (Wildman–Crippen MR) is 118 cm³/mol. The van der Waals surface area contributed by atoms with Gasteiger partial charge >= 0.3 is 29.6 Å². The van der Waals surface area contributed by atoms with Crippen LogP contribution in [0.15, 0.2) is 11.8 Å². The van der Waals surface area contributed by atoms with Gasteiger partial charge in [-0.3, -0.25) is 0 Å². The molecule has 0 radical (unpaired) electrons. The van der Waals surface area contributed by atoms with Crippen molar-refractivity contribution in [1.82, 2.24) is 0 Å². The molecule has 0 aromatic rings. The molecule has 0 amide bonds. The number of carboxylic acids is 1. The molecule has 166 valence electrons. The van der Waals surface area contributed by atoms with Crippen LogP contribution in [0.3, 0.4) is 0 Å². The Morgan fingerprint density at radius 1 is 0.655 bits per heavy atom. The van der Waals surface area contributed by atoms with Crippen LogP contribution in [0.2, 0.25) is 0 Å². The second kappa shape index (κ2) is 26.0. The van der Waals surface area contributed by atoms with Crippen LogP contribution in [-0.4, -0.2) is 11.1 Å². The number of hydrogen-bond donors (Lipinski definition) is 1. The van der Waals surface area contributed by atoms with Crippen LogP contribution in [0.5, 0.6) is 0 Å². The molecule has 4 heteroatoms. The van der Waals surface area contributed by atoms with E-state index in [0.29, 0.717) is 0 Å². The molecule has 0 spiro atoms. The Bertz CT molecular complexity index is 369. The first-order chi connectivity index (χ1) is 13.7. The Balaban J connectivity index is 0. The molecule has 0 aromatic heterocycles. The zero-order valence-electron chi connectivity index (χ0n) is 19.7. The molecule has 3 nitrogen and oxygen atoms in total. The van der Waals surface area contributed by atoms with Gasteiger partial charge in [-0.1, -0.05) is 116 Å². The number of hydrogen-bond acceptors (Lipinski definition) is 3. The summed E-state index contributed by atoms with van der Waals surface area (Å²) in [4.78, 5) is 10.3. The van der Waals surface area contributed by atoms with Crippen LogP contribution in [0.1, 0.15) is 142 Å². The number of rotatable bonds is 22. The standard InChI is InChI=1S/C25H48O3.Na/c1-2-3-4-5-6-7-8-9-10-11-12-13-14-15-16-17-18-19-20-21-24(26)22-23-25(27)28;/h21,26H,2-20,22-23H2,1H3,(H,27,28);/q;+1/p-1. The molecule has 0 saturated carbocycles. The third-order valence-electron chi connectivity index (χ3n) is 5.52. The van der Waals surface area contributed by atoms with Gasteiger partial charge in [0, 0.05) is 12.4 Å². The summed E-state index contributed by atoms with van der Waals surface area (Å²) in [6.45, 7) is 2.28. The molecule has 0 heterocycles. The van der Waals surface area contributed by atoms with Crippen LogP contribution in [-0.2, 0) is 4.79 Å². The summed E-state index contributed by atoms with van der Waals surface area (Å²) in [7, 11) is 0. The van der Waals surface area contributed by atoms with Crippen molar-refractivity contribution in [2.75, 3.05) is 0 Å². The summed E-state index contributed by atoms with van der Waals surface area (Å²) < 4.78 is 0. The van der Waals surface area contributed by atoms with Gasteiger partial charge in [0.1, 0.15) is 0 Å². The van der Waals surface area contributed by atoms with Gasteiger partial charge in [0.15, 0.2) is 0 Å². The fourth-order valence-electron chi connectivity index (χ4n) is 3.65. The molecule has 0 atom stereocenters. The quantitative estimate of drug-likeness (QED) is 0.161. The average Bonchev–Trinajstić information content (AvgIpc) is 2.68. The third kappa shape index (κ3) is 28.0. The van der Waals surface area contributed by atoms with Crippen molar-refractivity contribution in [1.29, 1.82) is 0 Å². The van der Waals surface area contributed by atoms with Crippen LogP contribution >= 0.6 is 0 Å². The fourth-order valence-corrected chi connectivity index (χ4v) is 3.65. The molecule has 0 fully saturated rings. The summed E-state index contributed by atoms with van der Waals surface area (Å²) in [5.41, 5.74) is 0. The monoisotopic (exact) mass is 418 g/mol. The van der Waals surface area contributed by atoms with E-state index in [1.807, 2.05) is 0 Å². The summed E-state index contributed by atoms with van der Waals surface area (Å²) in [6, 6.07) is 0. The predicted octanol–water partition coefficient (Wildman–Crippen LogP) is 4.39. The van der Waals surface area contributed by atoms with Gasteiger partial charge < -0.3 is 15.0 Å². The Hall–Kier alpha value is 0.0100. The molecular weight excluding hydrogens is 371 g/mol. The van der Waals surface area contributed by atoms with Crippen LogP contribution in [0, 0.1) is 0 Å². The number of carbonyl (C=O) groups excluding carboxylic acids is 1. The van der Waals surface area contributed by atoms with E-state index in [4.69, 9.17) is 0 Å². The van der Waals surface area contributed by atoms with Crippen molar-refractivity contribution in [2.24, 2.45) is 0 Å². The van der Waals surface area contributed by atoms with E-state index in [2.05, 4.69) is 6.92 Å². The van der Waals surface area contributed by atoms with Crippen molar-refractivity contribution in [3.63, 3.8) is 0 Å². The molecule has 0 aliphatic heterocycles. The summed E-state index contributed by atoms with van der Waals surface area (Å²) in [5.74, 6) is -0.913. The Morgan fingerprint density at radius 3 is 1.34 bits per heavy atom. The van der Waals surface area contributed by atoms with E-state index >= 15 is 0 Å². The van der Waals surface area contributed by atoms with E-state index in [0.717, 1.165) is 12.8 Å². The summed E-state index contributed by atoms with van der Waals surface area (Å²) >= 11 is 0. The summed E-state index contributed by atoms with van der Waals surface area (Å²) in [6.07, 6.45) is 27.3. The first-order valence-electron chi connectivity index (χ1n) is 12.2. The van der Waals surface area contributed by atoms with Gasteiger partial charge in [-0.05, 0) is 25.3 Å².